The molecule has 1 amide bonds. The first kappa shape index (κ1) is 9.32. The van der Waals surface area contributed by atoms with E-state index in [0.29, 0.717) is 13.1 Å². The van der Waals surface area contributed by atoms with E-state index in [0.717, 1.165) is 6.42 Å². The number of hydrogen-bond donors (Lipinski definition) is 1. The van der Waals surface area contributed by atoms with Gasteiger partial charge in [0.25, 0.3) is 0 Å². The summed E-state index contributed by atoms with van der Waals surface area (Å²) in [5, 5.41) is 0. The fraction of sp³-hybridized carbons (Fsp3) is 0.875. The fourth-order valence-electron chi connectivity index (χ4n) is 1.24. The lowest BCUT2D eigenvalue weighted by Crippen LogP contribution is -2.34. The molecule has 70 valence electrons. The van der Waals surface area contributed by atoms with Gasteiger partial charge in [-0.25, -0.2) is 4.79 Å². The van der Waals surface area contributed by atoms with Crippen LogP contribution in [0.4, 0.5) is 4.79 Å². The van der Waals surface area contributed by atoms with Gasteiger partial charge in [-0.1, -0.05) is 6.92 Å². The number of carbonyl (C=O) groups excluding carboxylic acids is 1. The monoisotopic (exact) mass is 172 g/mol. The van der Waals surface area contributed by atoms with Crippen molar-refractivity contribution in [3.05, 3.63) is 0 Å². The summed E-state index contributed by atoms with van der Waals surface area (Å²) in [6.07, 6.45) is 0.623. The number of nitrogens with two attached hydrogens (primary N) is 1. The number of cyclic esters (lactones) is 1. The predicted octanol–water partition coefficient (Wildman–Crippen LogP) is 0.564. The average Bonchev–Trinajstić information content (AvgIpc) is 2.45. The van der Waals surface area contributed by atoms with Gasteiger partial charge in [-0.2, -0.15) is 0 Å². The van der Waals surface area contributed by atoms with Crippen LogP contribution >= 0.6 is 0 Å². The highest BCUT2D eigenvalue weighted by Crippen LogP contribution is 2.15. The van der Waals surface area contributed by atoms with Gasteiger partial charge >= 0.3 is 6.09 Å². The van der Waals surface area contributed by atoms with Crippen LogP contribution < -0.4 is 5.73 Å². The van der Waals surface area contributed by atoms with E-state index in [2.05, 4.69) is 0 Å². The van der Waals surface area contributed by atoms with Crippen molar-refractivity contribution in [1.82, 2.24) is 4.90 Å². The molecule has 0 saturated carbocycles. The molecular formula is C8H16N2O2. The smallest absolute Gasteiger partial charge is 0.410 e. The van der Waals surface area contributed by atoms with Gasteiger partial charge in [-0.05, 0) is 13.3 Å². The minimum atomic E-state index is -0.222. The van der Waals surface area contributed by atoms with Crippen molar-refractivity contribution in [2.75, 3.05) is 13.1 Å². The Kier molecular flexibility index (Phi) is 2.92. The maximum Gasteiger partial charge on any atom is 0.410 e. The van der Waals surface area contributed by atoms with Crippen LogP contribution in [0.2, 0.25) is 0 Å². The maximum atomic E-state index is 11.2. The van der Waals surface area contributed by atoms with Gasteiger partial charge in [0.1, 0.15) is 6.10 Å². The molecule has 0 bridgehead atoms. The van der Waals surface area contributed by atoms with E-state index in [-0.39, 0.29) is 18.2 Å². The summed E-state index contributed by atoms with van der Waals surface area (Å²) in [6.45, 7) is 5.12. The number of nitrogens with zero attached hydrogens (tertiary/aromatic N) is 1. The Morgan fingerprint density at radius 1 is 1.83 bits per heavy atom. The van der Waals surface area contributed by atoms with Crippen molar-refractivity contribution in [2.45, 2.75) is 32.4 Å². The van der Waals surface area contributed by atoms with Crippen molar-refractivity contribution in [3.8, 4) is 0 Å². The molecule has 0 aliphatic carbocycles. The third kappa shape index (κ3) is 1.69. The van der Waals surface area contributed by atoms with Crippen LogP contribution in [0.5, 0.6) is 0 Å². The molecule has 1 aliphatic rings. The quantitative estimate of drug-likeness (QED) is 0.677. The van der Waals surface area contributed by atoms with Crippen LogP contribution in [0.3, 0.4) is 0 Å². The largest absolute Gasteiger partial charge is 0.443 e. The molecule has 0 aromatic heterocycles. The molecule has 1 heterocycles. The zero-order valence-corrected chi connectivity index (χ0v) is 7.62. The fourth-order valence-corrected chi connectivity index (χ4v) is 1.24. The van der Waals surface area contributed by atoms with Crippen LogP contribution in [-0.2, 0) is 4.74 Å². The SMILES string of the molecule is CCC(C)N1C[C@H](CN)OC1=O. The van der Waals surface area contributed by atoms with Gasteiger partial charge < -0.3 is 15.4 Å². The standard InChI is InChI=1S/C8H16N2O2/c1-3-6(2)10-5-7(4-9)12-8(10)11/h6-7H,3-5,9H2,1-2H3/t6?,7-/m0/s1. The molecule has 1 fully saturated rings. The summed E-state index contributed by atoms with van der Waals surface area (Å²) < 4.78 is 5.01. The molecule has 4 heteroatoms. The normalized spacial score (nSPS) is 25.8. The molecule has 0 radical (unpaired) electrons. The topological polar surface area (TPSA) is 55.6 Å². The molecule has 0 aromatic rings. The van der Waals surface area contributed by atoms with E-state index >= 15 is 0 Å². The van der Waals surface area contributed by atoms with Gasteiger partial charge in [0, 0.05) is 12.6 Å². The summed E-state index contributed by atoms with van der Waals surface area (Å²) in [4.78, 5) is 12.9. The van der Waals surface area contributed by atoms with Crippen LogP contribution in [0.1, 0.15) is 20.3 Å². The number of amides is 1. The molecule has 1 unspecified atom stereocenters. The Morgan fingerprint density at radius 3 is 2.92 bits per heavy atom. The molecule has 1 rings (SSSR count). The molecule has 4 nitrogen and oxygen atoms in total. The first-order valence-corrected chi connectivity index (χ1v) is 4.36. The van der Waals surface area contributed by atoms with E-state index in [1.54, 1.807) is 4.90 Å². The Morgan fingerprint density at radius 2 is 2.50 bits per heavy atom. The summed E-state index contributed by atoms with van der Waals surface area (Å²) in [5.41, 5.74) is 5.40. The second-order valence-electron chi connectivity index (χ2n) is 3.15. The molecule has 2 N–H and O–H groups in total. The van der Waals surface area contributed by atoms with Gasteiger partial charge in [0.05, 0.1) is 6.54 Å². The molecule has 12 heavy (non-hydrogen) atoms. The van der Waals surface area contributed by atoms with Crippen LogP contribution in [0.25, 0.3) is 0 Å². The Labute approximate surface area is 72.7 Å². The minimum Gasteiger partial charge on any atom is -0.443 e. The molecule has 0 aromatic carbocycles. The highest BCUT2D eigenvalue weighted by molar-refractivity contribution is 5.70. The third-order valence-electron chi connectivity index (χ3n) is 2.29. The van der Waals surface area contributed by atoms with E-state index in [1.807, 2.05) is 13.8 Å². The van der Waals surface area contributed by atoms with Gasteiger partial charge in [0.2, 0.25) is 0 Å². The second kappa shape index (κ2) is 3.76. The second-order valence-corrected chi connectivity index (χ2v) is 3.15. The lowest BCUT2D eigenvalue weighted by atomic mass is 10.2. The first-order valence-electron chi connectivity index (χ1n) is 4.36. The Hall–Kier alpha value is -0.770. The molecular weight excluding hydrogens is 156 g/mol. The summed E-state index contributed by atoms with van der Waals surface area (Å²) in [6, 6.07) is 0.258. The van der Waals surface area contributed by atoms with Crippen molar-refractivity contribution >= 4 is 6.09 Å². The average molecular weight is 172 g/mol. The lowest BCUT2D eigenvalue weighted by Gasteiger charge is -2.19. The van der Waals surface area contributed by atoms with Gasteiger partial charge in [-0.15, -0.1) is 0 Å². The maximum absolute atomic E-state index is 11.2. The van der Waals surface area contributed by atoms with Gasteiger partial charge in [0.15, 0.2) is 0 Å². The summed E-state index contributed by atoms with van der Waals surface area (Å²) >= 11 is 0. The van der Waals surface area contributed by atoms with Crippen molar-refractivity contribution in [1.29, 1.82) is 0 Å². The van der Waals surface area contributed by atoms with Crippen LogP contribution in [0, 0.1) is 0 Å². The number of hydrogen-bond acceptors (Lipinski definition) is 3. The summed E-state index contributed by atoms with van der Waals surface area (Å²) in [7, 11) is 0. The minimum absolute atomic E-state index is 0.105. The van der Waals surface area contributed by atoms with E-state index in [9.17, 15) is 4.79 Å². The number of carbonyl (C=O) groups is 1. The third-order valence-corrected chi connectivity index (χ3v) is 2.29. The highest BCUT2D eigenvalue weighted by atomic mass is 16.6. The first-order chi connectivity index (χ1) is 5.69. The van der Waals surface area contributed by atoms with E-state index in [1.165, 1.54) is 0 Å². The van der Waals surface area contributed by atoms with Crippen molar-refractivity contribution < 1.29 is 9.53 Å². The van der Waals surface area contributed by atoms with Gasteiger partial charge in [-0.3, -0.25) is 0 Å². The molecule has 0 spiro atoms. The van der Waals surface area contributed by atoms with E-state index < -0.39 is 0 Å². The Balaban J connectivity index is 2.51. The van der Waals surface area contributed by atoms with Crippen molar-refractivity contribution in [2.24, 2.45) is 5.73 Å². The zero-order chi connectivity index (χ0) is 9.14. The zero-order valence-electron chi connectivity index (χ0n) is 7.62. The predicted molar refractivity (Wildman–Crippen MR) is 45.8 cm³/mol. The number of rotatable bonds is 3. The van der Waals surface area contributed by atoms with Crippen LogP contribution in [0.15, 0.2) is 0 Å². The van der Waals surface area contributed by atoms with Crippen LogP contribution in [-0.4, -0.2) is 36.2 Å². The van der Waals surface area contributed by atoms with Crippen molar-refractivity contribution in [3.63, 3.8) is 0 Å². The van der Waals surface area contributed by atoms with E-state index in [4.69, 9.17) is 10.5 Å². The highest BCUT2D eigenvalue weighted by Gasteiger charge is 2.32. The Bertz CT molecular complexity index is 172. The lowest BCUT2D eigenvalue weighted by molar-refractivity contribution is 0.130. The molecule has 1 aliphatic heterocycles. The molecule has 1 saturated heterocycles. The summed E-state index contributed by atoms with van der Waals surface area (Å²) in [5.74, 6) is 0. The molecule has 2 atom stereocenters. The number of ether oxygens (including phenoxy) is 1.